The summed E-state index contributed by atoms with van der Waals surface area (Å²) in [4.78, 5) is 13.6. The summed E-state index contributed by atoms with van der Waals surface area (Å²) >= 11 is 1.57. The Hall–Kier alpha value is -2.86. The summed E-state index contributed by atoms with van der Waals surface area (Å²) in [6.45, 7) is 3.80. The SMILES string of the molecule is COc1cc(C(=O)C=Cc2c(C)nn(-c3ccc(F)cc3)c2C)ccc1SC. The maximum atomic E-state index is 13.2. The molecule has 1 heterocycles. The number of hydrogen-bond acceptors (Lipinski definition) is 4. The van der Waals surface area contributed by atoms with Gasteiger partial charge in [0, 0.05) is 21.7 Å². The van der Waals surface area contributed by atoms with Crippen molar-refractivity contribution in [2.75, 3.05) is 13.4 Å². The van der Waals surface area contributed by atoms with Crippen LogP contribution in [0.15, 0.2) is 53.4 Å². The molecule has 0 fully saturated rings. The van der Waals surface area contributed by atoms with Crippen molar-refractivity contribution in [2.45, 2.75) is 18.7 Å². The van der Waals surface area contributed by atoms with Crippen LogP contribution in [-0.4, -0.2) is 28.9 Å². The van der Waals surface area contributed by atoms with Crippen molar-refractivity contribution in [1.82, 2.24) is 9.78 Å². The van der Waals surface area contributed by atoms with E-state index in [9.17, 15) is 9.18 Å². The zero-order chi connectivity index (χ0) is 20.3. The number of aryl methyl sites for hydroxylation is 1. The van der Waals surface area contributed by atoms with Gasteiger partial charge in [-0.05, 0) is 74.7 Å². The summed E-state index contributed by atoms with van der Waals surface area (Å²) in [6.07, 6.45) is 5.28. The minimum Gasteiger partial charge on any atom is -0.496 e. The third-order valence-electron chi connectivity index (χ3n) is 4.49. The standard InChI is InChI=1S/C22H21FN2O2S/c1-14-19(15(2)25(24-14)18-8-6-17(23)7-9-18)10-11-20(26)16-5-12-22(28-4)21(13-16)27-3/h5-13H,1-4H3. The smallest absolute Gasteiger partial charge is 0.185 e. The molecule has 0 atom stereocenters. The lowest BCUT2D eigenvalue weighted by atomic mass is 10.1. The number of thioether (sulfide) groups is 1. The molecule has 4 nitrogen and oxygen atoms in total. The van der Waals surface area contributed by atoms with E-state index in [-0.39, 0.29) is 11.6 Å². The van der Waals surface area contributed by atoms with Gasteiger partial charge in [0.1, 0.15) is 11.6 Å². The van der Waals surface area contributed by atoms with Crippen LogP contribution in [0.3, 0.4) is 0 Å². The molecule has 0 aliphatic rings. The molecule has 2 aromatic carbocycles. The van der Waals surface area contributed by atoms with Gasteiger partial charge in [0.2, 0.25) is 0 Å². The highest BCUT2D eigenvalue weighted by molar-refractivity contribution is 7.98. The summed E-state index contributed by atoms with van der Waals surface area (Å²) in [5.74, 6) is 0.279. The average Bonchev–Trinajstić information content (AvgIpc) is 2.99. The molecule has 144 valence electrons. The molecule has 0 N–H and O–H groups in total. The normalized spacial score (nSPS) is 11.2. The molecule has 0 spiro atoms. The third kappa shape index (κ3) is 4.02. The molecule has 0 aliphatic carbocycles. The lowest BCUT2D eigenvalue weighted by molar-refractivity contribution is 0.104. The summed E-state index contributed by atoms with van der Waals surface area (Å²) < 4.78 is 20.3. The Morgan fingerprint density at radius 2 is 1.89 bits per heavy atom. The van der Waals surface area contributed by atoms with Gasteiger partial charge in [-0.1, -0.05) is 0 Å². The second-order valence-corrected chi connectivity index (χ2v) is 7.09. The van der Waals surface area contributed by atoms with E-state index in [1.165, 1.54) is 12.1 Å². The first-order chi connectivity index (χ1) is 13.4. The van der Waals surface area contributed by atoms with Gasteiger partial charge >= 0.3 is 0 Å². The largest absolute Gasteiger partial charge is 0.496 e. The van der Waals surface area contributed by atoms with Gasteiger partial charge in [0.25, 0.3) is 0 Å². The van der Waals surface area contributed by atoms with E-state index in [0.717, 1.165) is 27.5 Å². The van der Waals surface area contributed by atoms with E-state index in [1.807, 2.05) is 26.2 Å². The van der Waals surface area contributed by atoms with Crippen molar-refractivity contribution < 1.29 is 13.9 Å². The van der Waals surface area contributed by atoms with Crippen LogP contribution in [0.1, 0.15) is 27.3 Å². The molecule has 0 aliphatic heterocycles. The Labute approximate surface area is 168 Å². The lowest BCUT2D eigenvalue weighted by Gasteiger charge is -2.07. The predicted molar refractivity (Wildman–Crippen MR) is 111 cm³/mol. The van der Waals surface area contributed by atoms with Crippen molar-refractivity contribution in [3.8, 4) is 11.4 Å². The zero-order valence-corrected chi connectivity index (χ0v) is 17.0. The van der Waals surface area contributed by atoms with Crippen molar-refractivity contribution >= 4 is 23.6 Å². The molecule has 0 unspecified atom stereocenters. The van der Waals surface area contributed by atoms with Crippen LogP contribution < -0.4 is 4.74 Å². The molecular formula is C22H21FN2O2S. The molecule has 0 saturated heterocycles. The van der Waals surface area contributed by atoms with Gasteiger partial charge in [0.15, 0.2) is 5.78 Å². The van der Waals surface area contributed by atoms with Crippen LogP contribution >= 0.6 is 11.8 Å². The van der Waals surface area contributed by atoms with Crippen LogP contribution in [0.2, 0.25) is 0 Å². The fraction of sp³-hybridized carbons (Fsp3) is 0.182. The molecule has 0 radical (unpaired) electrons. The van der Waals surface area contributed by atoms with Crippen LogP contribution in [0, 0.1) is 19.7 Å². The van der Waals surface area contributed by atoms with Crippen molar-refractivity contribution in [3.63, 3.8) is 0 Å². The number of carbonyl (C=O) groups excluding carboxylic acids is 1. The topological polar surface area (TPSA) is 44.1 Å². The number of methoxy groups -OCH3 is 1. The van der Waals surface area contributed by atoms with E-state index in [1.54, 1.807) is 60.0 Å². The van der Waals surface area contributed by atoms with Crippen molar-refractivity contribution in [3.05, 3.63) is 76.9 Å². The van der Waals surface area contributed by atoms with Crippen molar-refractivity contribution in [1.29, 1.82) is 0 Å². The highest BCUT2D eigenvalue weighted by Crippen LogP contribution is 2.28. The summed E-state index contributed by atoms with van der Waals surface area (Å²) in [5, 5.41) is 4.52. The summed E-state index contributed by atoms with van der Waals surface area (Å²) in [6, 6.07) is 11.6. The number of allylic oxidation sites excluding steroid dienone is 1. The van der Waals surface area contributed by atoms with Gasteiger partial charge in [-0.25, -0.2) is 9.07 Å². The van der Waals surface area contributed by atoms with Gasteiger partial charge in [-0.2, -0.15) is 5.10 Å². The van der Waals surface area contributed by atoms with Crippen LogP contribution in [0.4, 0.5) is 4.39 Å². The third-order valence-corrected chi connectivity index (χ3v) is 5.27. The minimum atomic E-state index is -0.293. The summed E-state index contributed by atoms with van der Waals surface area (Å²) in [5.41, 5.74) is 3.87. The number of ether oxygens (including phenoxy) is 1. The first kappa shape index (κ1) is 19.9. The minimum absolute atomic E-state index is 0.112. The Morgan fingerprint density at radius 3 is 2.54 bits per heavy atom. The number of aromatic nitrogens is 2. The maximum absolute atomic E-state index is 13.2. The number of nitrogens with zero attached hydrogens (tertiary/aromatic N) is 2. The zero-order valence-electron chi connectivity index (χ0n) is 16.2. The fourth-order valence-electron chi connectivity index (χ4n) is 2.97. The predicted octanol–water partition coefficient (Wildman–Crippen LogP) is 5.25. The number of rotatable bonds is 6. The second kappa shape index (κ2) is 8.44. The van der Waals surface area contributed by atoms with E-state index in [4.69, 9.17) is 4.74 Å². The Bertz CT molecular complexity index is 1040. The molecule has 28 heavy (non-hydrogen) atoms. The Kier molecular flexibility index (Phi) is 5.99. The Balaban J connectivity index is 1.88. The molecule has 3 aromatic rings. The monoisotopic (exact) mass is 396 g/mol. The van der Waals surface area contributed by atoms with Crippen molar-refractivity contribution in [2.24, 2.45) is 0 Å². The first-order valence-corrected chi connectivity index (χ1v) is 9.93. The van der Waals surface area contributed by atoms with Gasteiger partial charge < -0.3 is 4.74 Å². The molecule has 0 bridgehead atoms. The van der Waals surface area contributed by atoms with Gasteiger partial charge in [-0.3, -0.25) is 4.79 Å². The summed E-state index contributed by atoms with van der Waals surface area (Å²) in [7, 11) is 1.59. The second-order valence-electron chi connectivity index (χ2n) is 6.24. The Morgan fingerprint density at radius 1 is 1.18 bits per heavy atom. The first-order valence-electron chi connectivity index (χ1n) is 8.71. The van der Waals surface area contributed by atoms with E-state index in [0.29, 0.717) is 11.3 Å². The van der Waals surface area contributed by atoms with Gasteiger partial charge in [-0.15, -0.1) is 11.8 Å². The van der Waals surface area contributed by atoms with Gasteiger partial charge in [0.05, 0.1) is 18.5 Å². The number of halogens is 1. The lowest BCUT2D eigenvalue weighted by Crippen LogP contribution is -1.99. The molecule has 6 heteroatoms. The highest BCUT2D eigenvalue weighted by atomic mass is 32.2. The van der Waals surface area contributed by atoms with E-state index in [2.05, 4.69) is 5.10 Å². The maximum Gasteiger partial charge on any atom is 0.185 e. The molecule has 1 aromatic heterocycles. The molecule has 0 saturated carbocycles. The van der Waals surface area contributed by atoms with Crippen LogP contribution in [0.5, 0.6) is 5.75 Å². The number of hydrogen-bond donors (Lipinski definition) is 0. The average molecular weight is 396 g/mol. The molecular weight excluding hydrogens is 375 g/mol. The fourth-order valence-corrected chi connectivity index (χ4v) is 3.52. The quantitative estimate of drug-likeness (QED) is 0.324. The number of carbonyl (C=O) groups is 1. The van der Waals surface area contributed by atoms with Crippen LogP contribution in [-0.2, 0) is 0 Å². The number of ketones is 1. The van der Waals surface area contributed by atoms with Crippen LogP contribution in [0.25, 0.3) is 11.8 Å². The van der Waals surface area contributed by atoms with E-state index >= 15 is 0 Å². The highest BCUT2D eigenvalue weighted by Gasteiger charge is 2.12. The van der Waals surface area contributed by atoms with E-state index < -0.39 is 0 Å². The molecule has 0 amide bonds. The number of benzene rings is 2. The molecule has 3 rings (SSSR count).